The predicted molar refractivity (Wildman–Crippen MR) is 99.1 cm³/mol. The largest absolute Gasteiger partial charge is 0.453 e. The van der Waals surface area contributed by atoms with Gasteiger partial charge in [-0.25, -0.2) is 9.59 Å². The number of Topliss-reactive ketones (excluding diaryl/α,β-unsaturated/α-hetero) is 1. The van der Waals surface area contributed by atoms with Crippen molar-refractivity contribution in [1.29, 1.82) is 0 Å². The van der Waals surface area contributed by atoms with Gasteiger partial charge in [0.2, 0.25) is 5.78 Å². The number of carbonyl (C=O) groups is 2. The lowest BCUT2D eigenvalue weighted by Gasteiger charge is -2.14. The third kappa shape index (κ3) is 3.61. The van der Waals surface area contributed by atoms with E-state index in [0.717, 1.165) is 14.7 Å². The van der Waals surface area contributed by atoms with Gasteiger partial charge in [-0.1, -0.05) is 30.3 Å². The highest BCUT2D eigenvalue weighted by molar-refractivity contribution is 6.02. The number of hydrogen-bond acceptors (Lipinski definition) is 7. The van der Waals surface area contributed by atoms with Crippen molar-refractivity contribution in [3.63, 3.8) is 0 Å². The van der Waals surface area contributed by atoms with Crippen LogP contribution in [0.1, 0.15) is 26.4 Å². The molecule has 0 aliphatic heterocycles. The molecule has 0 amide bonds. The molecule has 3 aromatic rings. The highest BCUT2D eigenvalue weighted by Gasteiger charge is 2.23. The van der Waals surface area contributed by atoms with E-state index in [2.05, 4.69) is 10.2 Å². The second-order valence-corrected chi connectivity index (χ2v) is 5.95. The quantitative estimate of drug-likeness (QED) is 0.448. The predicted octanol–water partition coefficient (Wildman–Crippen LogP) is -0.0597. The minimum Gasteiger partial charge on any atom is -0.453 e. The van der Waals surface area contributed by atoms with Gasteiger partial charge in [-0.15, -0.1) is 0 Å². The van der Waals surface area contributed by atoms with Crippen LogP contribution in [0.4, 0.5) is 5.82 Å². The fourth-order valence-corrected chi connectivity index (χ4v) is 2.61. The van der Waals surface area contributed by atoms with Gasteiger partial charge in [-0.05, 0) is 11.6 Å². The molecule has 0 radical (unpaired) electrons. The molecule has 0 bridgehead atoms. The third-order valence-electron chi connectivity index (χ3n) is 4.10. The average molecular weight is 383 g/mol. The number of nitrogen functional groups attached to an aromatic ring is 1. The van der Waals surface area contributed by atoms with Gasteiger partial charge in [0.25, 0.3) is 5.56 Å². The Kier molecular flexibility index (Phi) is 5.21. The van der Waals surface area contributed by atoms with Crippen molar-refractivity contribution >= 4 is 17.6 Å². The summed E-state index contributed by atoms with van der Waals surface area (Å²) < 4.78 is 6.81. The number of anilines is 1. The Balaban J connectivity index is 1.92. The minimum atomic E-state index is -0.852. The topological polar surface area (TPSA) is 142 Å². The molecule has 3 N–H and O–H groups in total. The number of ketones is 1. The van der Waals surface area contributed by atoms with Crippen LogP contribution in [0.15, 0.2) is 52.2 Å². The first-order chi connectivity index (χ1) is 13.4. The fourth-order valence-electron chi connectivity index (χ4n) is 2.61. The van der Waals surface area contributed by atoms with Crippen molar-refractivity contribution in [1.82, 2.24) is 19.3 Å². The summed E-state index contributed by atoms with van der Waals surface area (Å²) in [7, 11) is 1.25. The number of rotatable bonds is 6. The Morgan fingerprint density at radius 3 is 2.54 bits per heavy atom. The second-order valence-electron chi connectivity index (χ2n) is 5.95. The second kappa shape index (κ2) is 7.74. The molecular weight excluding hydrogens is 366 g/mol. The van der Waals surface area contributed by atoms with E-state index < -0.39 is 35.2 Å². The van der Waals surface area contributed by atoms with E-state index in [0.29, 0.717) is 0 Å². The molecule has 2 aromatic heterocycles. The standard InChI is InChI=1S/C18H17N5O5/c1-22-16(25)14(13(24)10-28-17(26)12-7-8-20-21-12)15(19)23(18(22)27)9-11-5-3-2-4-6-11/h2-8H,9-10,19H2,1H3,(H,20,21). The summed E-state index contributed by atoms with van der Waals surface area (Å²) >= 11 is 0. The monoisotopic (exact) mass is 383 g/mol. The normalized spacial score (nSPS) is 10.6. The Morgan fingerprint density at radius 2 is 1.89 bits per heavy atom. The van der Waals surface area contributed by atoms with E-state index >= 15 is 0 Å². The lowest BCUT2D eigenvalue weighted by atomic mass is 10.2. The Labute approximate surface area is 158 Å². The number of ether oxygens (including phenoxy) is 1. The molecule has 1 aromatic carbocycles. The zero-order valence-corrected chi connectivity index (χ0v) is 14.9. The molecule has 28 heavy (non-hydrogen) atoms. The first-order valence-electron chi connectivity index (χ1n) is 8.23. The average Bonchev–Trinajstić information content (AvgIpc) is 3.24. The molecule has 0 aliphatic rings. The van der Waals surface area contributed by atoms with Gasteiger partial charge < -0.3 is 10.5 Å². The SMILES string of the molecule is Cn1c(=O)c(C(=O)COC(=O)c2ccn[nH]2)c(N)n(Cc2ccccc2)c1=O. The van der Waals surface area contributed by atoms with Gasteiger partial charge in [-0.2, -0.15) is 5.10 Å². The van der Waals surface area contributed by atoms with Gasteiger partial charge in [-0.3, -0.25) is 23.8 Å². The van der Waals surface area contributed by atoms with Gasteiger partial charge in [0, 0.05) is 13.2 Å². The zero-order valence-electron chi connectivity index (χ0n) is 14.9. The van der Waals surface area contributed by atoms with Crippen LogP contribution in [0.5, 0.6) is 0 Å². The highest BCUT2D eigenvalue weighted by atomic mass is 16.5. The molecule has 0 saturated heterocycles. The first kappa shape index (κ1) is 18.8. The lowest BCUT2D eigenvalue weighted by molar-refractivity contribution is 0.0468. The van der Waals surface area contributed by atoms with Crippen molar-refractivity contribution in [3.05, 3.63) is 80.3 Å². The molecule has 0 aliphatic carbocycles. The Morgan fingerprint density at radius 1 is 1.18 bits per heavy atom. The van der Waals surface area contributed by atoms with Gasteiger partial charge in [0.05, 0.1) is 6.54 Å². The number of carbonyl (C=O) groups excluding carboxylic acids is 2. The van der Waals surface area contributed by atoms with Gasteiger partial charge in [0.1, 0.15) is 17.1 Å². The number of H-pyrrole nitrogens is 1. The van der Waals surface area contributed by atoms with E-state index in [1.54, 1.807) is 24.3 Å². The van der Waals surface area contributed by atoms with Crippen molar-refractivity contribution in [3.8, 4) is 0 Å². The summed E-state index contributed by atoms with van der Waals surface area (Å²) in [4.78, 5) is 49.2. The van der Waals surface area contributed by atoms with Crippen LogP contribution >= 0.6 is 0 Å². The van der Waals surface area contributed by atoms with Crippen LogP contribution in [0.2, 0.25) is 0 Å². The van der Waals surface area contributed by atoms with Crippen LogP contribution in [0, 0.1) is 0 Å². The van der Waals surface area contributed by atoms with Crippen molar-refractivity contribution < 1.29 is 14.3 Å². The van der Waals surface area contributed by atoms with Crippen LogP contribution in [0.3, 0.4) is 0 Å². The summed E-state index contributed by atoms with van der Waals surface area (Å²) in [5, 5.41) is 6.01. The molecule has 3 rings (SSSR count). The highest BCUT2D eigenvalue weighted by Crippen LogP contribution is 2.10. The van der Waals surface area contributed by atoms with Crippen LogP contribution in [-0.4, -0.2) is 37.7 Å². The van der Waals surface area contributed by atoms with Crippen LogP contribution in [0.25, 0.3) is 0 Å². The number of nitrogens with one attached hydrogen (secondary N) is 1. The summed E-state index contributed by atoms with van der Waals surface area (Å²) in [5.74, 6) is -1.90. The van der Waals surface area contributed by atoms with Crippen molar-refractivity contribution in [2.45, 2.75) is 6.54 Å². The summed E-state index contributed by atoms with van der Waals surface area (Å²) in [6, 6.07) is 10.3. The summed E-state index contributed by atoms with van der Waals surface area (Å²) in [6.07, 6.45) is 1.35. The Bertz CT molecular complexity index is 1130. The van der Waals surface area contributed by atoms with Gasteiger partial charge >= 0.3 is 11.7 Å². The molecule has 0 fully saturated rings. The first-order valence-corrected chi connectivity index (χ1v) is 8.23. The number of aromatic nitrogens is 4. The number of esters is 1. The number of aromatic amines is 1. The molecule has 10 heteroatoms. The number of nitrogens with two attached hydrogens (primary N) is 1. The minimum absolute atomic E-state index is 0.0581. The van der Waals surface area contributed by atoms with E-state index in [-0.39, 0.29) is 18.1 Å². The molecule has 0 unspecified atom stereocenters. The van der Waals surface area contributed by atoms with E-state index in [1.807, 2.05) is 6.07 Å². The summed E-state index contributed by atoms with van der Waals surface area (Å²) in [5.41, 5.74) is 4.88. The summed E-state index contributed by atoms with van der Waals surface area (Å²) in [6.45, 7) is -0.630. The van der Waals surface area contributed by atoms with E-state index in [1.165, 1.54) is 19.3 Å². The molecule has 0 saturated carbocycles. The Hall–Kier alpha value is -3.95. The molecule has 144 valence electrons. The van der Waals surface area contributed by atoms with Crippen LogP contribution < -0.4 is 17.0 Å². The molecular formula is C18H17N5O5. The zero-order chi connectivity index (χ0) is 20.3. The van der Waals surface area contributed by atoms with E-state index in [4.69, 9.17) is 10.5 Å². The lowest BCUT2D eigenvalue weighted by Crippen LogP contribution is -2.43. The third-order valence-corrected chi connectivity index (χ3v) is 4.10. The van der Waals surface area contributed by atoms with E-state index in [9.17, 15) is 19.2 Å². The number of hydrogen-bond donors (Lipinski definition) is 2. The smallest absolute Gasteiger partial charge is 0.356 e. The van der Waals surface area contributed by atoms with Crippen molar-refractivity contribution in [2.24, 2.45) is 7.05 Å². The fraction of sp³-hybridized carbons (Fsp3) is 0.167. The number of nitrogens with zero attached hydrogens (tertiary/aromatic N) is 3. The maximum atomic E-state index is 12.5. The molecule has 0 spiro atoms. The van der Waals surface area contributed by atoms with Crippen LogP contribution in [-0.2, 0) is 18.3 Å². The number of benzene rings is 1. The maximum absolute atomic E-state index is 12.5. The molecule has 2 heterocycles. The maximum Gasteiger partial charge on any atom is 0.356 e. The molecule has 0 atom stereocenters. The van der Waals surface area contributed by atoms with Crippen molar-refractivity contribution in [2.75, 3.05) is 12.3 Å². The molecule has 10 nitrogen and oxygen atoms in total. The van der Waals surface area contributed by atoms with Gasteiger partial charge in [0.15, 0.2) is 6.61 Å².